The lowest BCUT2D eigenvalue weighted by molar-refractivity contribution is -0.132. The highest BCUT2D eigenvalue weighted by Gasteiger charge is 2.25. The summed E-state index contributed by atoms with van der Waals surface area (Å²) in [6.45, 7) is 4.14. The summed E-state index contributed by atoms with van der Waals surface area (Å²) in [7, 11) is 1.85. The number of likely N-dealkylation sites (N-methyl/N-ethyl adjacent to an activating group) is 1. The van der Waals surface area contributed by atoms with Crippen LogP contribution in [0.5, 0.6) is 5.75 Å². The second-order valence-corrected chi connectivity index (χ2v) is 4.88. The van der Waals surface area contributed by atoms with Crippen molar-refractivity contribution in [2.24, 2.45) is 0 Å². The van der Waals surface area contributed by atoms with Gasteiger partial charge in [0.25, 0.3) is 0 Å². The minimum atomic E-state index is -0.00995. The van der Waals surface area contributed by atoms with Gasteiger partial charge in [-0.2, -0.15) is 0 Å². The summed E-state index contributed by atoms with van der Waals surface area (Å²) in [6.07, 6.45) is 2.02. The predicted molar refractivity (Wildman–Crippen MR) is 75.1 cm³/mol. The lowest BCUT2D eigenvalue weighted by atomic mass is 10.1. The van der Waals surface area contributed by atoms with E-state index in [9.17, 15) is 4.79 Å². The maximum atomic E-state index is 12.2. The van der Waals surface area contributed by atoms with E-state index < -0.39 is 0 Å². The highest BCUT2D eigenvalue weighted by Crippen LogP contribution is 2.20. The smallest absolute Gasteiger partial charge is 0.239 e. The fraction of sp³-hybridized carbons (Fsp3) is 0.533. The number of ether oxygens (including phenoxy) is 1. The second kappa shape index (κ2) is 6.57. The Hall–Kier alpha value is -1.55. The Morgan fingerprint density at radius 1 is 1.47 bits per heavy atom. The fourth-order valence-electron chi connectivity index (χ4n) is 2.43. The van der Waals surface area contributed by atoms with Crippen molar-refractivity contribution in [2.75, 3.05) is 20.2 Å². The lowest BCUT2D eigenvalue weighted by Gasteiger charge is -2.22. The van der Waals surface area contributed by atoms with E-state index >= 15 is 0 Å². The third-order valence-electron chi connectivity index (χ3n) is 3.41. The highest BCUT2D eigenvalue weighted by atomic mass is 16.5. The van der Waals surface area contributed by atoms with Crippen LogP contribution in [-0.4, -0.2) is 37.0 Å². The first-order valence-corrected chi connectivity index (χ1v) is 6.91. The van der Waals surface area contributed by atoms with E-state index in [2.05, 4.69) is 5.32 Å². The van der Waals surface area contributed by atoms with E-state index in [0.717, 1.165) is 30.7 Å². The molecular formula is C15H22N2O2. The molecule has 1 aliphatic rings. The van der Waals surface area contributed by atoms with Gasteiger partial charge in [0, 0.05) is 19.2 Å². The van der Waals surface area contributed by atoms with E-state index in [4.69, 9.17) is 4.74 Å². The van der Waals surface area contributed by atoms with E-state index in [1.54, 1.807) is 4.90 Å². The fourth-order valence-corrected chi connectivity index (χ4v) is 2.43. The molecule has 0 spiro atoms. The molecule has 1 aliphatic heterocycles. The van der Waals surface area contributed by atoms with Crippen molar-refractivity contribution >= 4 is 5.91 Å². The molecule has 2 rings (SSSR count). The average Bonchev–Trinajstić information content (AvgIpc) is 2.94. The zero-order valence-corrected chi connectivity index (χ0v) is 11.7. The van der Waals surface area contributed by atoms with Gasteiger partial charge in [0.15, 0.2) is 0 Å². The number of nitrogens with zero attached hydrogens (tertiary/aromatic N) is 1. The first-order valence-electron chi connectivity index (χ1n) is 6.91. The molecule has 1 amide bonds. The highest BCUT2D eigenvalue weighted by molar-refractivity contribution is 5.82. The zero-order valence-electron chi connectivity index (χ0n) is 11.7. The van der Waals surface area contributed by atoms with Gasteiger partial charge < -0.3 is 15.0 Å². The number of hydrogen-bond donors (Lipinski definition) is 1. The molecule has 1 fully saturated rings. The normalized spacial score (nSPS) is 18.3. The number of benzene rings is 1. The van der Waals surface area contributed by atoms with Gasteiger partial charge in [-0.05, 0) is 32.4 Å². The van der Waals surface area contributed by atoms with Crippen molar-refractivity contribution in [3.63, 3.8) is 0 Å². The molecule has 1 saturated heterocycles. The Morgan fingerprint density at radius 3 is 2.95 bits per heavy atom. The largest absolute Gasteiger partial charge is 0.494 e. The SMILES string of the molecule is CCOc1ccccc1CN(C)C(=O)[C@@H]1CCCN1. The van der Waals surface area contributed by atoms with E-state index in [-0.39, 0.29) is 11.9 Å². The topological polar surface area (TPSA) is 41.6 Å². The number of para-hydroxylation sites is 1. The van der Waals surface area contributed by atoms with Crippen LogP contribution in [0.25, 0.3) is 0 Å². The predicted octanol–water partition coefficient (Wildman–Crippen LogP) is 1.80. The monoisotopic (exact) mass is 262 g/mol. The summed E-state index contributed by atoms with van der Waals surface area (Å²) in [6, 6.07) is 7.88. The standard InChI is InChI=1S/C15H22N2O2/c1-3-19-14-9-5-4-7-12(14)11-17(2)15(18)13-8-6-10-16-13/h4-5,7,9,13,16H,3,6,8,10-11H2,1-2H3/t13-/m0/s1. The van der Waals surface area contributed by atoms with Crippen LogP contribution in [0.15, 0.2) is 24.3 Å². The molecule has 1 N–H and O–H groups in total. The van der Waals surface area contributed by atoms with Crippen LogP contribution < -0.4 is 10.1 Å². The molecule has 0 bridgehead atoms. The number of amides is 1. The van der Waals surface area contributed by atoms with Crippen LogP contribution >= 0.6 is 0 Å². The first kappa shape index (κ1) is 13.9. The van der Waals surface area contributed by atoms with Crippen molar-refractivity contribution in [3.05, 3.63) is 29.8 Å². The molecule has 0 aliphatic carbocycles. The summed E-state index contributed by atoms with van der Waals surface area (Å²) >= 11 is 0. The van der Waals surface area contributed by atoms with Gasteiger partial charge in [-0.3, -0.25) is 4.79 Å². The summed E-state index contributed by atoms with van der Waals surface area (Å²) in [5.41, 5.74) is 1.05. The first-order chi connectivity index (χ1) is 9.22. The summed E-state index contributed by atoms with van der Waals surface area (Å²) < 4.78 is 5.59. The van der Waals surface area contributed by atoms with Crippen molar-refractivity contribution < 1.29 is 9.53 Å². The van der Waals surface area contributed by atoms with Crippen molar-refractivity contribution in [3.8, 4) is 5.75 Å². The molecule has 19 heavy (non-hydrogen) atoms. The molecule has 0 saturated carbocycles. The maximum Gasteiger partial charge on any atom is 0.239 e. The molecule has 4 nitrogen and oxygen atoms in total. The third kappa shape index (κ3) is 3.47. The Kier molecular flexibility index (Phi) is 4.80. The van der Waals surface area contributed by atoms with E-state index in [0.29, 0.717) is 13.2 Å². The molecule has 0 aromatic heterocycles. The summed E-state index contributed by atoms with van der Waals surface area (Å²) in [5, 5.41) is 3.24. The number of carbonyl (C=O) groups is 1. The van der Waals surface area contributed by atoms with Gasteiger partial charge in [0.05, 0.1) is 12.6 Å². The Labute approximate surface area is 114 Å². The van der Waals surface area contributed by atoms with Gasteiger partial charge in [0.1, 0.15) is 5.75 Å². The molecule has 1 heterocycles. The second-order valence-electron chi connectivity index (χ2n) is 4.88. The van der Waals surface area contributed by atoms with Gasteiger partial charge >= 0.3 is 0 Å². The number of hydrogen-bond acceptors (Lipinski definition) is 3. The molecule has 104 valence electrons. The quantitative estimate of drug-likeness (QED) is 0.879. The van der Waals surface area contributed by atoms with E-state index in [1.807, 2.05) is 38.2 Å². The van der Waals surface area contributed by atoms with Crippen LogP contribution in [0.2, 0.25) is 0 Å². The Bertz CT molecular complexity index is 428. The van der Waals surface area contributed by atoms with Gasteiger partial charge in [-0.15, -0.1) is 0 Å². The molecule has 1 aromatic carbocycles. The van der Waals surface area contributed by atoms with Crippen LogP contribution in [0, 0.1) is 0 Å². The van der Waals surface area contributed by atoms with Gasteiger partial charge in [-0.1, -0.05) is 18.2 Å². The van der Waals surface area contributed by atoms with Crippen LogP contribution in [0.1, 0.15) is 25.3 Å². The number of rotatable bonds is 5. The zero-order chi connectivity index (χ0) is 13.7. The van der Waals surface area contributed by atoms with Crippen molar-refractivity contribution in [1.29, 1.82) is 0 Å². The number of carbonyl (C=O) groups excluding carboxylic acids is 1. The Balaban J connectivity index is 2.01. The van der Waals surface area contributed by atoms with Crippen LogP contribution in [-0.2, 0) is 11.3 Å². The molecule has 1 atom stereocenters. The lowest BCUT2D eigenvalue weighted by Crippen LogP contribution is -2.41. The van der Waals surface area contributed by atoms with Gasteiger partial charge in [-0.25, -0.2) is 0 Å². The Morgan fingerprint density at radius 2 is 2.26 bits per heavy atom. The minimum Gasteiger partial charge on any atom is -0.494 e. The summed E-state index contributed by atoms with van der Waals surface area (Å²) in [4.78, 5) is 14.0. The van der Waals surface area contributed by atoms with Crippen molar-refractivity contribution in [1.82, 2.24) is 10.2 Å². The third-order valence-corrected chi connectivity index (χ3v) is 3.41. The van der Waals surface area contributed by atoms with Crippen molar-refractivity contribution in [2.45, 2.75) is 32.4 Å². The average molecular weight is 262 g/mol. The molecule has 0 unspecified atom stereocenters. The van der Waals surface area contributed by atoms with Gasteiger partial charge in [0.2, 0.25) is 5.91 Å². The molecule has 4 heteroatoms. The van der Waals surface area contributed by atoms with Crippen LogP contribution in [0.4, 0.5) is 0 Å². The molecule has 0 radical (unpaired) electrons. The maximum absolute atomic E-state index is 12.2. The molecule has 1 aromatic rings. The number of nitrogens with one attached hydrogen (secondary N) is 1. The minimum absolute atomic E-state index is 0.00995. The summed E-state index contributed by atoms with van der Waals surface area (Å²) in [5.74, 6) is 1.04. The van der Waals surface area contributed by atoms with Crippen LogP contribution in [0.3, 0.4) is 0 Å². The molecular weight excluding hydrogens is 240 g/mol. The van der Waals surface area contributed by atoms with E-state index in [1.165, 1.54) is 0 Å².